The Balaban J connectivity index is 1.88. The molecule has 172 valence electrons. The summed E-state index contributed by atoms with van der Waals surface area (Å²) < 4.78 is 33.6. The average molecular weight is 551 g/mol. The summed E-state index contributed by atoms with van der Waals surface area (Å²) in [6.45, 7) is 1.41. The lowest BCUT2D eigenvalue weighted by Crippen LogP contribution is -2.39. The minimum atomic E-state index is -4.08. The van der Waals surface area contributed by atoms with E-state index in [2.05, 4.69) is 26.5 Å². The number of carbonyl (C=O) groups is 1. The van der Waals surface area contributed by atoms with Gasteiger partial charge in [-0.2, -0.15) is 5.10 Å². The largest absolute Gasteiger partial charge is 0.496 e. The number of aryl methyl sites for hydroxylation is 1. The average Bonchev–Trinajstić information content (AvgIpc) is 2.79. The van der Waals surface area contributed by atoms with Crippen molar-refractivity contribution in [2.24, 2.45) is 5.10 Å². The van der Waals surface area contributed by atoms with Gasteiger partial charge in [0.25, 0.3) is 15.9 Å². The van der Waals surface area contributed by atoms with Crippen LogP contribution < -0.4 is 14.5 Å². The first-order valence-electron chi connectivity index (χ1n) is 9.72. The molecule has 0 unspecified atom stereocenters. The summed E-state index contributed by atoms with van der Waals surface area (Å²) in [6.07, 6.45) is 1.39. The van der Waals surface area contributed by atoms with Crippen molar-refractivity contribution in [3.05, 3.63) is 87.4 Å². The third-order valence-corrected chi connectivity index (χ3v) is 7.35. The number of carbonyl (C=O) groups excluding carboxylic acids is 1. The van der Waals surface area contributed by atoms with Crippen molar-refractivity contribution < 1.29 is 17.9 Å². The lowest BCUT2D eigenvalue weighted by molar-refractivity contribution is -0.119. The smallest absolute Gasteiger partial charge is 0.264 e. The molecule has 0 aliphatic rings. The van der Waals surface area contributed by atoms with E-state index in [1.165, 1.54) is 31.5 Å². The number of halogens is 2. The number of rotatable bonds is 8. The normalized spacial score (nSPS) is 11.4. The highest BCUT2D eigenvalue weighted by Crippen LogP contribution is 2.30. The van der Waals surface area contributed by atoms with E-state index < -0.39 is 22.5 Å². The number of benzene rings is 3. The van der Waals surface area contributed by atoms with Crippen LogP contribution in [0.4, 0.5) is 5.69 Å². The van der Waals surface area contributed by atoms with E-state index in [1.54, 1.807) is 48.5 Å². The van der Waals surface area contributed by atoms with Crippen LogP contribution in [0, 0.1) is 6.92 Å². The molecule has 0 spiro atoms. The van der Waals surface area contributed by atoms with Gasteiger partial charge in [0.15, 0.2) is 0 Å². The van der Waals surface area contributed by atoms with Gasteiger partial charge < -0.3 is 4.74 Å². The topological polar surface area (TPSA) is 88.1 Å². The Kier molecular flexibility index (Phi) is 8.12. The van der Waals surface area contributed by atoms with Gasteiger partial charge in [0, 0.05) is 10.6 Å². The molecular formula is C23H21BrClN3O4S. The lowest BCUT2D eigenvalue weighted by atomic mass is 10.2. The molecule has 0 aliphatic heterocycles. The first-order chi connectivity index (χ1) is 15.7. The van der Waals surface area contributed by atoms with Crippen molar-refractivity contribution in [3.63, 3.8) is 0 Å². The van der Waals surface area contributed by atoms with Gasteiger partial charge in [-0.05, 0) is 59.3 Å². The van der Waals surface area contributed by atoms with Gasteiger partial charge >= 0.3 is 0 Å². The van der Waals surface area contributed by atoms with Crippen LogP contribution in [0.3, 0.4) is 0 Å². The number of ether oxygens (including phenoxy) is 1. The van der Waals surface area contributed by atoms with Gasteiger partial charge in [-0.3, -0.25) is 9.10 Å². The summed E-state index contributed by atoms with van der Waals surface area (Å²) in [6, 6.07) is 18.2. The Labute approximate surface area is 206 Å². The second-order valence-corrected chi connectivity index (χ2v) is 10.1. The summed E-state index contributed by atoms with van der Waals surface area (Å²) in [7, 11) is -2.59. The molecule has 7 nitrogen and oxygen atoms in total. The Morgan fingerprint density at radius 2 is 1.85 bits per heavy atom. The van der Waals surface area contributed by atoms with Crippen LogP contribution in [0.25, 0.3) is 0 Å². The highest BCUT2D eigenvalue weighted by Gasteiger charge is 2.28. The second-order valence-electron chi connectivity index (χ2n) is 6.96. The van der Waals surface area contributed by atoms with Gasteiger partial charge in [-0.1, -0.05) is 47.5 Å². The van der Waals surface area contributed by atoms with Crippen LogP contribution in [0.1, 0.15) is 11.1 Å². The molecule has 0 aliphatic carbocycles. The first kappa shape index (κ1) is 24.8. The Morgan fingerprint density at radius 3 is 2.48 bits per heavy atom. The number of amides is 1. The number of methoxy groups -OCH3 is 1. The van der Waals surface area contributed by atoms with Crippen LogP contribution >= 0.6 is 27.5 Å². The minimum absolute atomic E-state index is 0.00289. The Morgan fingerprint density at radius 1 is 1.15 bits per heavy atom. The number of anilines is 1. The maximum absolute atomic E-state index is 13.5. The number of nitrogens with zero attached hydrogens (tertiary/aromatic N) is 2. The summed E-state index contributed by atoms with van der Waals surface area (Å²) in [4.78, 5) is 12.6. The van der Waals surface area contributed by atoms with Crippen LogP contribution in [0.15, 0.2) is 81.2 Å². The maximum Gasteiger partial charge on any atom is 0.264 e. The standard InChI is InChI=1S/C23H21BrClN3O4S/c1-16-7-9-18(10-8-16)28(33(30,31)19-11-12-22(32-2)20(24)13-19)15-23(29)27-26-14-17-5-3-4-6-21(17)25/h3-14H,15H2,1-2H3,(H,27,29)/b26-14+. The van der Waals surface area contributed by atoms with Crippen molar-refractivity contribution >= 4 is 55.4 Å². The molecule has 3 rings (SSSR count). The predicted molar refractivity (Wildman–Crippen MR) is 134 cm³/mol. The van der Waals surface area contributed by atoms with E-state index in [0.717, 1.165) is 9.87 Å². The lowest BCUT2D eigenvalue weighted by Gasteiger charge is -2.24. The molecule has 0 saturated carbocycles. The number of hydrogen-bond donors (Lipinski definition) is 1. The highest BCUT2D eigenvalue weighted by atomic mass is 79.9. The van der Waals surface area contributed by atoms with Crippen molar-refractivity contribution in [3.8, 4) is 5.75 Å². The quantitative estimate of drug-likeness (QED) is 0.323. The van der Waals surface area contributed by atoms with Crippen LogP contribution in [-0.4, -0.2) is 34.2 Å². The van der Waals surface area contributed by atoms with Gasteiger partial charge in [0.05, 0.1) is 28.4 Å². The van der Waals surface area contributed by atoms with Gasteiger partial charge in [0.2, 0.25) is 0 Å². The number of hydrazone groups is 1. The maximum atomic E-state index is 13.5. The molecule has 1 amide bonds. The van der Waals surface area contributed by atoms with Crippen molar-refractivity contribution in [2.45, 2.75) is 11.8 Å². The Hall–Kier alpha value is -2.88. The fourth-order valence-electron chi connectivity index (χ4n) is 2.88. The van der Waals surface area contributed by atoms with Crippen LogP contribution in [-0.2, 0) is 14.8 Å². The van der Waals surface area contributed by atoms with E-state index >= 15 is 0 Å². The zero-order valence-electron chi connectivity index (χ0n) is 17.8. The van der Waals surface area contributed by atoms with Crippen molar-refractivity contribution in [2.75, 3.05) is 18.0 Å². The molecule has 33 heavy (non-hydrogen) atoms. The van der Waals surface area contributed by atoms with Crippen molar-refractivity contribution in [1.29, 1.82) is 0 Å². The number of sulfonamides is 1. The second kappa shape index (κ2) is 10.8. The van der Waals surface area contributed by atoms with Gasteiger partial charge in [0.1, 0.15) is 12.3 Å². The Bertz CT molecular complexity index is 1280. The molecule has 0 aromatic heterocycles. The molecule has 1 N–H and O–H groups in total. The van der Waals surface area contributed by atoms with Crippen molar-refractivity contribution in [1.82, 2.24) is 5.43 Å². The van der Waals surface area contributed by atoms with E-state index in [9.17, 15) is 13.2 Å². The summed E-state index contributed by atoms with van der Waals surface area (Å²) in [5, 5.41) is 4.38. The third-order valence-electron chi connectivity index (χ3n) is 4.62. The highest BCUT2D eigenvalue weighted by molar-refractivity contribution is 9.10. The molecule has 0 saturated heterocycles. The molecule has 3 aromatic rings. The fourth-order valence-corrected chi connectivity index (χ4v) is 5.20. The summed E-state index contributed by atoms with van der Waals surface area (Å²) in [5.74, 6) is -0.127. The fraction of sp³-hybridized carbons (Fsp3) is 0.130. The van der Waals surface area contributed by atoms with Gasteiger partial charge in [-0.15, -0.1) is 0 Å². The van der Waals surface area contributed by atoms with E-state index in [-0.39, 0.29) is 4.90 Å². The zero-order chi connectivity index (χ0) is 24.0. The molecule has 0 atom stereocenters. The minimum Gasteiger partial charge on any atom is -0.496 e. The molecule has 0 heterocycles. The summed E-state index contributed by atoms with van der Waals surface area (Å²) >= 11 is 9.38. The molecule has 0 radical (unpaired) electrons. The van der Waals surface area contributed by atoms with E-state index in [1.807, 2.05) is 6.92 Å². The monoisotopic (exact) mass is 549 g/mol. The molecule has 0 bridgehead atoms. The van der Waals surface area contributed by atoms with Gasteiger partial charge in [-0.25, -0.2) is 13.8 Å². The first-order valence-corrected chi connectivity index (χ1v) is 12.3. The molecular weight excluding hydrogens is 530 g/mol. The number of hydrogen-bond acceptors (Lipinski definition) is 5. The molecule has 3 aromatic carbocycles. The van der Waals surface area contributed by atoms with E-state index in [0.29, 0.717) is 26.5 Å². The SMILES string of the molecule is COc1ccc(S(=O)(=O)N(CC(=O)N/N=C/c2ccccc2Cl)c2ccc(C)cc2)cc1Br. The number of nitrogens with one attached hydrogen (secondary N) is 1. The van der Waals surface area contributed by atoms with Crippen LogP contribution in [0.5, 0.6) is 5.75 Å². The van der Waals surface area contributed by atoms with E-state index in [4.69, 9.17) is 16.3 Å². The molecule has 10 heteroatoms. The summed E-state index contributed by atoms with van der Waals surface area (Å²) in [5.41, 5.74) is 4.28. The van der Waals surface area contributed by atoms with Crippen LogP contribution in [0.2, 0.25) is 5.02 Å². The third kappa shape index (κ3) is 6.13. The molecule has 0 fully saturated rings. The zero-order valence-corrected chi connectivity index (χ0v) is 21.0. The predicted octanol–water partition coefficient (Wildman–Crippen LogP) is 4.77.